The van der Waals surface area contributed by atoms with Gasteiger partial charge in [0.15, 0.2) is 0 Å². The van der Waals surface area contributed by atoms with Gasteiger partial charge >= 0.3 is 5.97 Å². The van der Waals surface area contributed by atoms with E-state index in [4.69, 9.17) is 4.74 Å². The quantitative estimate of drug-likeness (QED) is 0.503. The number of thiophene rings is 1. The molecule has 1 heterocycles. The summed E-state index contributed by atoms with van der Waals surface area (Å²) in [6.45, 7) is 0. The number of nitrogens with zero attached hydrogens (tertiary/aromatic N) is 1. The van der Waals surface area contributed by atoms with Gasteiger partial charge in [0, 0.05) is 17.1 Å². The molecule has 0 unspecified atom stereocenters. The minimum Gasteiger partial charge on any atom is -0.465 e. The molecule has 3 rings (SSSR count). The van der Waals surface area contributed by atoms with Gasteiger partial charge in [-0.1, -0.05) is 60.7 Å². The number of benzene rings is 2. The Balaban J connectivity index is 2.03. The van der Waals surface area contributed by atoms with E-state index in [1.54, 1.807) is 6.20 Å². The van der Waals surface area contributed by atoms with Gasteiger partial charge in [0.2, 0.25) is 0 Å². The largest absolute Gasteiger partial charge is 0.465 e. The van der Waals surface area contributed by atoms with Crippen molar-refractivity contribution in [1.82, 2.24) is 0 Å². The second-order valence-corrected chi connectivity index (χ2v) is 6.27. The van der Waals surface area contributed by atoms with Crippen molar-refractivity contribution in [3.05, 3.63) is 82.7 Å². The van der Waals surface area contributed by atoms with Crippen molar-refractivity contribution in [3.8, 4) is 17.2 Å². The monoisotopic (exact) mass is 360 g/mol. The Hall–Kier alpha value is -3.36. The number of rotatable bonds is 5. The van der Waals surface area contributed by atoms with Crippen LogP contribution < -0.4 is 5.32 Å². The third-order valence-electron chi connectivity index (χ3n) is 3.81. The maximum atomic E-state index is 12.1. The fourth-order valence-corrected chi connectivity index (χ4v) is 3.47. The molecule has 0 bridgehead atoms. The van der Waals surface area contributed by atoms with E-state index in [9.17, 15) is 10.1 Å². The van der Waals surface area contributed by atoms with Crippen LogP contribution in [0.5, 0.6) is 0 Å². The van der Waals surface area contributed by atoms with Crippen LogP contribution in [-0.4, -0.2) is 13.1 Å². The number of allylic oxidation sites excluding steroid dienone is 1. The molecule has 0 fully saturated rings. The first-order valence-electron chi connectivity index (χ1n) is 7.92. The second kappa shape index (κ2) is 8.15. The van der Waals surface area contributed by atoms with Gasteiger partial charge in [-0.25, -0.2) is 4.79 Å². The lowest BCUT2D eigenvalue weighted by molar-refractivity contribution is 0.0607. The number of nitriles is 1. The SMILES string of the molecule is COC(=O)c1scc(-c2ccccc2)c1N/C=C(/C#N)c1ccccc1. The predicted octanol–water partition coefficient (Wildman–Crippen LogP) is 5.18. The highest BCUT2D eigenvalue weighted by atomic mass is 32.1. The Morgan fingerprint density at radius 1 is 1.12 bits per heavy atom. The Labute approximate surface area is 156 Å². The minimum atomic E-state index is -0.411. The molecule has 0 amide bonds. The Morgan fingerprint density at radius 3 is 2.38 bits per heavy atom. The number of anilines is 1. The van der Waals surface area contributed by atoms with Crippen LogP contribution in [0.15, 0.2) is 72.2 Å². The van der Waals surface area contributed by atoms with Crippen molar-refractivity contribution in [2.24, 2.45) is 0 Å². The third-order valence-corrected chi connectivity index (χ3v) is 4.77. The van der Waals surface area contributed by atoms with E-state index < -0.39 is 5.97 Å². The van der Waals surface area contributed by atoms with Crippen molar-refractivity contribution >= 4 is 28.6 Å². The molecule has 0 aliphatic heterocycles. The van der Waals surface area contributed by atoms with E-state index in [2.05, 4.69) is 11.4 Å². The molecule has 1 N–H and O–H groups in total. The summed E-state index contributed by atoms with van der Waals surface area (Å²) in [7, 11) is 1.36. The van der Waals surface area contributed by atoms with Crippen LogP contribution in [0.25, 0.3) is 16.7 Å². The van der Waals surface area contributed by atoms with Gasteiger partial charge in [0.1, 0.15) is 10.9 Å². The number of carbonyl (C=O) groups is 1. The minimum absolute atomic E-state index is 0.411. The smallest absolute Gasteiger partial charge is 0.350 e. The first-order valence-corrected chi connectivity index (χ1v) is 8.80. The van der Waals surface area contributed by atoms with Gasteiger partial charge in [0.25, 0.3) is 0 Å². The summed E-state index contributed by atoms with van der Waals surface area (Å²) in [6.07, 6.45) is 1.62. The molecular weight excluding hydrogens is 344 g/mol. The first-order chi connectivity index (χ1) is 12.7. The van der Waals surface area contributed by atoms with Crippen molar-refractivity contribution in [2.75, 3.05) is 12.4 Å². The average molecular weight is 360 g/mol. The molecule has 26 heavy (non-hydrogen) atoms. The summed E-state index contributed by atoms with van der Waals surface area (Å²) in [5.74, 6) is -0.411. The number of hydrogen-bond donors (Lipinski definition) is 1. The lowest BCUT2D eigenvalue weighted by Crippen LogP contribution is -2.03. The summed E-state index contributed by atoms with van der Waals surface area (Å²) < 4.78 is 4.89. The van der Waals surface area contributed by atoms with Crippen LogP contribution in [0.3, 0.4) is 0 Å². The van der Waals surface area contributed by atoms with Crippen LogP contribution in [0.1, 0.15) is 15.2 Å². The van der Waals surface area contributed by atoms with Crippen molar-refractivity contribution in [2.45, 2.75) is 0 Å². The summed E-state index contributed by atoms with van der Waals surface area (Å²) in [5, 5.41) is 14.5. The molecule has 0 saturated carbocycles. The summed E-state index contributed by atoms with van der Waals surface area (Å²) in [4.78, 5) is 12.6. The normalized spacial score (nSPS) is 10.8. The van der Waals surface area contributed by atoms with Crippen LogP contribution in [-0.2, 0) is 4.74 Å². The Kier molecular flexibility index (Phi) is 5.47. The van der Waals surface area contributed by atoms with Crippen molar-refractivity contribution in [1.29, 1.82) is 5.26 Å². The van der Waals surface area contributed by atoms with E-state index in [1.165, 1.54) is 18.4 Å². The van der Waals surface area contributed by atoms with Crippen LogP contribution in [0.4, 0.5) is 5.69 Å². The molecule has 0 saturated heterocycles. The molecular formula is C21H16N2O2S. The maximum Gasteiger partial charge on any atom is 0.350 e. The number of nitrogens with one attached hydrogen (secondary N) is 1. The van der Waals surface area contributed by atoms with Crippen LogP contribution >= 0.6 is 11.3 Å². The molecule has 0 spiro atoms. The second-order valence-electron chi connectivity index (χ2n) is 5.39. The summed E-state index contributed by atoms with van der Waals surface area (Å²) >= 11 is 1.31. The highest BCUT2D eigenvalue weighted by Gasteiger charge is 2.19. The average Bonchev–Trinajstić information content (AvgIpc) is 3.13. The van der Waals surface area contributed by atoms with Gasteiger partial charge < -0.3 is 10.1 Å². The highest BCUT2D eigenvalue weighted by Crippen LogP contribution is 2.37. The maximum absolute atomic E-state index is 12.1. The Bertz CT molecular complexity index is 970. The first kappa shape index (κ1) is 17.5. The van der Waals surface area contributed by atoms with E-state index in [1.807, 2.05) is 66.0 Å². The molecule has 0 radical (unpaired) electrons. The number of esters is 1. The van der Waals surface area contributed by atoms with Gasteiger partial charge in [-0.3, -0.25) is 0 Å². The zero-order chi connectivity index (χ0) is 18.4. The molecule has 0 aliphatic rings. The predicted molar refractivity (Wildman–Crippen MR) is 105 cm³/mol. The molecule has 2 aromatic carbocycles. The molecule has 1 aromatic heterocycles. The molecule has 128 valence electrons. The molecule has 0 aliphatic carbocycles. The standard InChI is InChI=1S/C21H16N2O2S/c1-25-21(24)20-19(18(14-26-20)16-10-6-3-7-11-16)23-13-17(12-22)15-8-4-2-5-9-15/h2-11,13-14,23H,1H3/b17-13-. The van der Waals surface area contributed by atoms with Crippen molar-refractivity contribution < 1.29 is 9.53 Å². The fraction of sp³-hybridized carbons (Fsp3) is 0.0476. The fourth-order valence-electron chi connectivity index (χ4n) is 2.52. The number of carbonyl (C=O) groups excluding carboxylic acids is 1. The zero-order valence-corrected chi connectivity index (χ0v) is 14.9. The third kappa shape index (κ3) is 3.66. The molecule has 0 atom stereocenters. The van der Waals surface area contributed by atoms with E-state index in [-0.39, 0.29) is 0 Å². The lowest BCUT2D eigenvalue weighted by Gasteiger charge is -2.08. The molecule has 5 heteroatoms. The van der Waals surface area contributed by atoms with E-state index in [0.29, 0.717) is 16.1 Å². The molecule has 3 aromatic rings. The number of hydrogen-bond acceptors (Lipinski definition) is 5. The van der Waals surface area contributed by atoms with Crippen molar-refractivity contribution in [3.63, 3.8) is 0 Å². The number of methoxy groups -OCH3 is 1. The lowest BCUT2D eigenvalue weighted by atomic mass is 10.1. The van der Waals surface area contributed by atoms with Gasteiger partial charge in [0.05, 0.1) is 18.4 Å². The van der Waals surface area contributed by atoms with Crippen LogP contribution in [0, 0.1) is 11.3 Å². The van der Waals surface area contributed by atoms with Gasteiger partial charge in [-0.15, -0.1) is 11.3 Å². The van der Waals surface area contributed by atoms with Crippen LogP contribution in [0.2, 0.25) is 0 Å². The highest BCUT2D eigenvalue weighted by molar-refractivity contribution is 7.13. The van der Waals surface area contributed by atoms with Gasteiger partial charge in [-0.05, 0) is 11.1 Å². The van der Waals surface area contributed by atoms with E-state index in [0.717, 1.165) is 16.7 Å². The van der Waals surface area contributed by atoms with Gasteiger partial charge in [-0.2, -0.15) is 5.26 Å². The Morgan fingerprint density at radius 2 is 1.77 bits per heavy atom. The van der Waals surface area contributed by atoms with E-state index >= 15 is 0 Å². The summed E-state index contributed by atoms with van der Waals surface area (Å²) in [6, 6.07) is 21.3. The number of ether oxygens (including phenoxy) is 1. The summed E-state index contributed by atoms with van der Waals surface area (Å²) in [5.41, 5.74) is 3.78. The zero-order valence-electron chi connectivity index (χ0n) is 14.1. The molecule has 4 nitrogen and oxygen atoms in total. The topological polar surface area (TPSA) is 62.1 Å².